The zero-order valence-electron chi connectivity index (χ0n) is 15.4. The Bertz CT molecular complexity index is 776. The van der Waals surface area contributed by atoms with E-state index in [2.05, 4.69) is 5.32 Å². The first-order valence-corrected chi connectivity index (χ1v) is 10.5. The Labute approximate surface area is 175 Å². The molecular formula is C21H24Cl3NO2. The average Bonchev–Trinajstić information content (AvgIpc) is 3.17. The molecule has 0 aliphatic heterocycles. The first kappa shape index (κ1) is 20.6. The van der Waals surface area contributed by atoms with Gasteiger partial charge in [-0.25, -0.2) is 0 Å². The monoisotopic (exact) mass is 427 g/mol. The van der Waals surface area contributed by atoms with E-state index < -0.39 is 0 Å². The second-order valence-corrected chi connectivity index (χ2v) is 7.94. The first-order valence-electron chi connectivity index (χ1n) is 9.32. The van der Waals surface area contributed by atoms with Crippen LogP contribution in [-0.2, 0) is 13.2 Å². The van der Waals surface area contributed by atoms with E-state index in [1.807, 2.05) is 25.1 Å². The molecule has 0 saturated heterocycles. The van der Waals surface area contributed by atoms with Gasteiger partial charge in [-0.15, -0.1) is 0 Å². The minimum absolute atomic E-state index is 0.354. The van der Waals surface area contributed by atoms with Crippen LogP contribution in [0.4, 0.5) is 0 Å². The van der Waals surface area contributed by atoms with E-state index >= 15 is 0 Å². The predicted octanol–water partition coefficient (Wildman–Crippen LogP) is 6.66. The van der Waals surface area contributed by atoms with Crippen molar-refractivity contribution < 1.29 is 9.47 Å². The third-order valence-electron chi connectivity index (χ3n) is 4.73. The molecule has 1 fully saturated rings. The summed E-state index contributed by atoms with van der Waals surface area (Å²) in [6.45, 7) is 3.59. The molecule has 146 valence electrons. The number of hydrogen-bond donors (Lipinski definition) is 1. The van der Waals surface area contributed by atoms with E-state index in [9.17, 15) is 0 Å². The van der Waals surface area contributed by atoms with Crippen LogP contribution < -0.4 is 14.8 Å². The summed E-state index contributed by atoms with van der Waals surface area (Å²) in [5, 5.41) is 5.30. The Morgan fingerprint density at radius 2 is 1.67 bits per heavy atom. The van der Waals surface area contributed by atoms with Crippen LogP contribution in [0.5, 0.6) is 11.5 Å². The van der Waals surface area contributed by atoms with Crippen molar-refractivity contribution in [3.8, 4) is 11.5 Å². The van der Waals surface area contributed by atoms with E-state index in [-0.39, 0.29) is 0 Å². The summed E-state index contributed by atoms with van der Waals surface area (Å²) in [7, 11) is 0. The molecular weight excluding hydrogens is 405 g/mol. The summed E-state index contributed by atoms with van der Waals surface area (Å²) in [5.41, 5.74) is 1.95. The Morgan fingerprint density at radius 3 is 2.37 bits per heavy atom. The molecule has 3 nitrogen and oxygen atoms in total. The molecule has 0 spiro atoms. The number of halogens is 3. The molecule has 1 N–H and O–H groups in total. The van der Waals surface area contributed by atoms with Gasteiger partial charge in [-0.2, -0.15) is 0 Å². The fourth-order valence-corrected chi connectivity index (χ4v) is 3.81. The smallest absolute Gasteiger partial charge is 0.163 e. The fourth-order valence-electron chi connectivity index (χ4n) is 3.27. The van der Waals surface area contributed by atoms with Crippen LogP contribution >= 0.6 is 34.8 Å². The topological polar surface area (TPSA) is 30.5 Å². The van der Waals surface area contributed by atoms with Crippen LogP contribution in [0.3, 0.4) is 0 Å². The number of ether oxygens (including phenoxy) is 2. The zero-order chi connectivity index (χ0) is 19.2. The molecule has 3 rings (SSSR count). The molecule has 0 heterocycles. The van der Waals surface area contributed by atoms with E-state index in [0.29, 0.717) is 45.8 Å². The van der Waals surface area contributed by atoms with E-state index in [4.69, 9.17) is 44.3 Å². The van der Waals surface area contributed by atoms with Crippen LogP contribution in [0.25, 0.3) is 0 Å². The lowest BCUT2D eigenvalue weighted by Crippen LogP contribution is -2.25. The van der Waals surface area contributed by atoms with Crippen LogP contribution in [0, 0.1) is 0 Å². The normalized spacial score (nSPS) is 14.5. The van der Waals surface area contributed by atoms with Gasteiger partial charge in [0.05, 0.1) is 16.7 Å². The molecule has 1 aliphatic rings. The molecule has 0 atom stereocenters. The molecule has 0 amide bonds. The second kappa shape index (κ2) is 9.88. The van der Waals surface area contributed by atoms with Crippen LogP contribution in [0.15, 0.2) is 30.3 Å². The van der Waals surface area contributed by atoms with Crippen LogP contribution in [0.1, 0.15) is 43.7 Å². The van der Waals surface area contributed by atoms with Crippen molar-refractivity contribution >= 4 is 34.8 Å². The molecule has 1 aliphatic carbocycles. The van der Waals surface area contributed by atoms with Crippen LogP contribution in [-0.4, -0.2) is 12.6 Å². The lowest BCUT2D eigenvalue weighted by atomic mass is 10.1. The quantitative estimate of drug-likeness (QED) is 0.510. The van der Waals surface area contributed by atoms with Crippen molar-refractivity contribution in [3.05, 3.63) is 56.5 Å². The maximum atomic E-state index is 6.50. The highest BCUT2D eigenvalue weighted by molar-refractivity contribution is 6.42. The first-order chi connectivity index (χ1) is 13.1. The van der Waals surface area contributed by atoms with Gasteiger partial charge in [0.15, 0.2) is 11.5 Å². The summed E-state index contributed by atoms with van der Waals surface area (Å²) in [4.78, 5) is 0. The molecule has 0 radical (unpaired) electrons. The highest BCUT2D eigenvalue weighted by atomic mass is 35.5. The van der Waals surface area contributed by atoms with Gasteiger partial charge in [0.25, 0.3) is 0 Å². The van der Waals surface area contributed by atoms with Gasteiger partial charge in [-0.1, -0.05) is 53.7 Å². The number of hydrogen-bond acceptors (Lipinski definition) is 3. The summed E-state index contributed by atoms with van der Waals surface area (Å²) >= 11 is 18.5. The third kappa shape index (κ3) is 5.68. The van der Waals surface area contributed by atoms with Gasteiger partial charge in [0.1, 0.15) is 6.61 Å². The summed E-state index contributed by atoms with van der Waals surface area (Å²) in [6, 6.07) is 9.83. The molecule has 0 aromatic heterocycles. The van der Waals surface area contributed by atoms with Gasteiger partial charge in [-0.3, -0.25) is 0 Å². The van der Waals surface area contributed by atoms with Gasteiger partial charge in [0.2, 0.25) is 0 Å². The summed E-state index contributed by atoms with van der Waals surface area (Å²) in [6.07, 6.45) is 5.08. The third-order valence-corrected chi connectivity index (χ3v) is 5.82. The minimum atomic E-state index is 0.354. The average molecular weight is 429 g/mol. The van der Waals surface area contributed by atoms with Crippen LogP contribution in [0.2, 0.25) is 15.1 Å². The SMILES string of the molecule is CCOc1cc(CNC2CCCC2)c(Cl)cc1OCc1ccc(Cl)c(Cl)c1. The molecule has 6 heteroatoms. The second-order valence-electron chi connectivity index (χ2n) is 6.72. The molecule has 1 saturated carbocycles. The van der Waals surface area contributed by atoms with E-state index in [1.165, 1.54) is 25.7 Å². The Kier molecular flexibility index (Phi) is 7.54. The Hall–Kier alpha value is -1.13. The number of rotatable bonds is 8. The molecule has 2 aromatic rings. The van der Waals surface area contributed by atoms with Crippen molar-refractivity contribution in [1.29, 1.82) is 0 Å². The fraction of sp³-hybridized carbons (Fsp3) is 0.429. The highest BCUT2D eigenvalue weighted by Crippen LogP contribution is 2.35. The minimum Gasteiger partial charge on any atom is -0.490 e. The van der Waals surface area contributed by atoms with Crippen molar-refractivity contribution in [2.45, 2.75) is 51.8 Å². The van der Waals surface area contributed by atoms with Gasteiger partial charge < -0.3 is 14.8 Å². The molecule has 0 unspecified atom stereocenters. The molecule has 2 aromatic carbocycles. The van der Waals surface area contributed by atoms with Crippen molar-refractivity contribution in [2.24, 2.45) is 0 Å². The van der Waals surface area contributed by atoms with Crippen molar-refractivity contribution in [3.63, 3.8) is 0 Å². The maximum absolute atomic E-state index is 6.50. The van der Waals surface area contributed by atoms with Gasteiger partial charge in [0, 0.05) is 23.7 Å². The van der Waals surface area contributed by atoms with Crippen molar-refractivity contribution in [1.82, 2.24) is 5.32 Å². The lowest BCUT2D eigenvalue weighted by molar-refractivity contribution is 0.269. The summed E-state index contributed by atoms with van der Waals surface area (Å²) < 4.78 is 11.7. The lowest BCUT2D eigenvalue weighted by Gasteiger charge is -2.17. The van der Waals surface area contributed by atoms with Gasteiger partial charge >= 0.3 is 0 Å². The largest absolute Gasteiger partial charge is 0.490 e. The Balaban J connectivity index is 1.71. The highest BCUT2D eigenvalue weighted by Gasteiger charge is 2.16. The predicted molar refractivity (Wildman–Crippen MR) is 113 cm³/mol. The zero-order valence-corrected chi connectivity index (χ0v) is 17.6. The van der Waals surface area contributed by atoms with E-state index in [0.717, 1.165) is 17.7 Å². The molecule has 0 bridgehead atoms. The van der Waals surface area contributed by atoms with Crippen molar-refractivity contribution in [2.75, 3.05) is 6.61 Å². The van der Waals surface area contributed by atoms with E-state index in [1.54, 1.807) is 12.1 Å². The maximum Gasteiger partial charge on any atom is 0.163 e. The molecule has 27 heavy (non-hydrogen) atoms. The van der Waals surface area contributed by atoms with Gasteiger partial charge in [-0.05, 0) is 49.1 Å². The number of benzene rings is 2. The standard InChI is InChI=1S/C21H24Cl3NO2/c1-2-26-20-10-15(12-25-16-5-3-4-6-16)18(23)11-21(20)27-13-14-7-8-17(22)19(24)9-14/h7-11,16,25H,2-6,12-13H2,1H3. The summed E-state index contributed by atoms with van der Waals surface area (Å²) in [5.74, 6) is 1.32. The Morgan fingerprint density at radius 1 is 0.926 bits per heavy atom. The number of nitrogens with one attached hydrogen (secondary N) is 1.